The first kappa shape index (κ1) is 18.7. The van der Waals surface area contributed by atoms with E-state index in [0.29, 0.717) is 36.6 Å². The molecule has 1 heterocycles. The van der Waals surface area contributed by atoms with Gasteiger partial charge in [0.05, 0.1) is 5.56 Å². The molecule has 2 N–H and O–H groups in total. The lowest BCUT2D eigenvalue weighted by molar-refractivity contribution is -0.137. The second-order valence-corrected chi connectivity index (χ2v) is 5.23. The van der Waals surface area contributed by atoms with Crippen LogP contribution in [-0.2, 0) is 10.9 Å². The molecule has 0 saturated carbocycles. The molecule has 8 heteroatoms. The predicted octanol–water partition coefficient (Wildman–Crippen LogP) is 3.61. The van der Waals surface area contributed by atoms with Crippen LogP contribution in [0.3, 0.4) is 0 Å². The van der Waals surface area contributed by atoms with Gasteiger partial charge in [-0.25, -0.2) is 4.98 Å². The average Bonchev–Trinajstić information content (AvgIpc) is 2.58. The van der Waals surface area contributed by atoms with Crippen molar-refractivity contribution >= 4 is 17.4 Å². The van der Waals surface area contributed by atoms with Crippen LogP contribution in [0.25, 0.3) is 0 Å². The van der Waals surface area contributed by atoms with Crippen molar-refractivity contribution in [3.8, 4) is 0 Å². The number of ether oxygens (including phenoxy) is 1. The Kier molecular flexibility index (Phi) is 6.35. The first-order chi connectivity index (χ1) is 11.9. The number of rotatable bonds is 7. The number of anilines is 2. The number of hydrogen-bond acceptors (Lipinski definition) is 4. The number of aromatic nitrogens is 1. The van der Waals surface area contributed by atoms with Gasteiger partial charge in [-0.05, 0) is 42.8 Å². The molecule has 0 bridgehead atoms. The molecule has 0 spiro atoms. The summed E-state index contributed by atoms with van der Waals surface area (Å²) in [6, 6.07) is 7.67. The first-order valence-corrected chi connectivity index (χ1v) is 7.57. The maximum atomic E-state index is 12.6. The third kappa shape index (κ3) is 5.75. The SMILES string of the molecule is COCCCNC(=O)c1ccnc(Nc2ccc(C(F)(F)F)cc2)c1. The molecule has 134 valence electrons. The molecule has 2 aromatic rings. The molecule has 25 heavy (non-hydrogen) atoms. The van der Waals surface area contributed by atoms with E-state index in [0.717, 1.165) is 12.1 Å². The van der Waals surface area contributed by atoms with E-state index in [-0.39, 0.29) is 5.91 Å². The summed E-state index contributed by atoms with van der Waals surface area (Å²) in [5.74, 6) is 0.110. The zero-order chi connectivity index (χ0) is 18.3. The van der Waals surface area contributed by atoms with E-state index in [1.165, 1.54) is 24.4 Å². The number of hydrogen-bond donors (Lipinski definition) is 2. The van der Waals surface area contributed by atoms with Gasteiger partial charge in [-0.3, -0.25) is 4.79 Å². The summed E-state index contributed by atoms with van der Waals surface area (Å²) in [6.45, 7) is 1.04. The number of nitrogens with one attached hydrogen (secondary N) is 2. The minimum atomic E-state index is -4.38. The van der Waals surface area contributed by atoms with Gasteiger partial charge in [0.2, 0.25) is 0 Å². The molecule has 0 unspecified atom stereocenters. The minimum absolute atomic E-state index is 0.256. The number of alkyl halides is 3. The molecule has 1 amide bonds. The maximum Gasteiger partial charge on any atom is 0.416 e. The Bertz CT molecular complexity index is 703. The Hall–Kier alpha value is -2.61. The van der Waals surface area contributed by atoms with Crippen LogP contribution in [-0.4, -0.2) is 31.2 Å². The molecule has 0 aliphatic rings. The molecule has 0 radical (unpaired) electrons. The number of benzene rings is 1. The highest BCUT2D eigenvalue weighted by Crippen LogP contribution is 2.30. The van der Waals surface area contributed by atoms with Crippen molar-refractivity contribution in [2.75, 3.05) is 25.6 Å². The van der Waals surface area contributed by atoms with E-state index in [2.05, 4.69) is 15.6 Å². The summed E-state index contributed by atoms with van der Waals surface area (Å²) in [5, 5.41) is 5.63. The number of amides is 1. The quantitative estimate of drug-likeness (QED) is 0.747. The van der Waals surface area contributed by atoms with E-state index in [1.54, 1.807) is 13.2 Å². The van der Waals surface area contributed by atoms with Gasteiger partial charge in [0.1, 0.15) is 5.82 Å². The van der Waals surface area contributed by atoms with Gasteiger partial charge >= 0.3 is 6.18 Å². The summed E-state index contributed by atoms with van der Waals surface area (Å²) in [6.07, 6.45) is -2.22. The van der Waals surface area contributed by atoms with Crippen LogP contribution in [0.4, 0.5) is 24.7 Å². The fourth-order valence-corrected chi connectivity index (χ4v) is 2.05. The van der Waals surface area contributed by atoms with Crippen LogP contribution in [0, 0.1) is 0 Å². The highest BCUT2D eigenvalue weighted by atomic mass is 19.4. The molecule has 0 saturated heterocycles. The highest BCUT2D eigenvalue weighted by Gasteiger charge is 2.29. The standard InChI is InChI=1S/C17H18F3N3O2/c1-25-10-2-8-22-16(24)12-7-9-21-15(11-12)23-14-5-3-13(4-6-14)17(18,19)20/h3-7,9,11H,2,8,10H2,1H3,(H,21,23)(H,22,24). The number of pyridine rings is 1. The van der Waals surface area contributed by atoms with Crippen molar-refractivity contribution in [1.29, 1.82) is 0 Å². The number of methoxy groups -OCH3 is 1. The Balaban J connectivity index is 2.00. The van der Waals surface area contributed by atoms with Gasteiger partial charge in [0, 0.05) is 37.7 Å². The molecule has 2 rings (SSSR count). The fraction of sp³-hybridized carbons (Fsp3) is 0.294. The second-order valence-electron chi connectivity index (χ2n) is 5.23. The van der Waals surface area contributed by atoms with Crippen molar-refractivity contribution in [2.45, 2.75) is 12.6 Å². The van der Waals surface area contributed by atoms with Crippen molar-refractivity contribution in [1.82, 2.24) is 10.3 Å². The maximum absolute atomic E-state index is 12.6. The summed E-state index contributed by atoms with van der Waals surface area (Å²) >= 11 is 0. The average molecular weight is 353 g/mol. The summed E-state index contributed by atoms with van der Waals surface area (Å²) < 4.78 is 42.6. The zero-order valence-corrected chi connectivity index (χ0v) is 13.6. The zero-order valence-electron chi connectivity index (χ0n) is 13.6. The van der Waals surface area contributed by atoms with E-state index in [1.807, 2.05) is 0 Å². The summed E-state index contributed by atoms with van der Waals surface area (Å²) in [5.41, 5.74) is 0.121. The lowest BCUT2D eigenvalue weighted by Gasteiger charge is -2.10. The number of carbonyl (C=O) groups excluding carboxylic acids is 1. The van der Waals surface area contributed by atoms with Gasteiger partial charge in [-0.15, -0.1) is 0 Å². The molecule has 0 aliphatic heterocycles. The third-order valence-corrected chi connectivity index (χ3v) is 3.32. The Morgan fingerprint density at radius 2 is 1.92 bits per heavy atom. The van der Waals surface area contributed by atoms with Crippen LogP contribution in [0.15, 0.2) is 42.6 Å². The normalized spacial score (nSPS) is 11.2. The largest absolute Gasteiger partial charge is 0.416 e. The number of carbonyl (C=O) groups is 1. The number of nitrogens with zero attached hydrogens (tertiary/aromatic N) is 1. The van der Waals surface area contributed by atoms with E-state index in [4.69, 9.17) is 4.74 Å². The molecule has 1 aromatic carbocycles. The Morgan fingerprint density at radius 3 is 2.56 bits per heavy atom. The van der Waals surface area contributed by atoms with Gasteiger partial charge in [-0.1, -0.05) is 0 Å². The van der Waals surface area contributed by atoms with Crippen LogP contribution in [0.2, 0.25) is 0 Å². The lowest BCUT2D eigenvalue weighted by Crippen LogP contribution is -2.25. The Labute approximate surface area is 143 Å². The van der Waals surface area contributed by atoms with Gasteiger partial charge in [0.15, 0.2) is 0 Å². The van der Waals surface area contributed by atoms with Crippen molar-refractivity contribution in [3.63, 3.8) is 0 Å². The molecular weight excluding hydrogens is 335 g/mol. The van der Waals surface area contributed by atoms with E-state index >= 15 is 0 Å². The van der Waals surface area contributed by atoms with Crippen molar-refractivity contribution < 1.29 is 22.7 Å². The topological polar surface area (TPSA) is 63.2 Å². The second kappa shape index (κ2) is 8.48. The van der Waals surface area contributed by atoms with Crippen LogP contribution >= 0.6 is 0 Å². The predicted molar refractivity (Wildman–Crippen MR) is 87.8 cm³/mol. The first-order valence-electron chi connectivity index (χ1n) is 7.57. The third-order valence-electron chi connectivity index (χ3n) is 3.32. The van der Waals surface area contributed by atoms with Crippen LogP contribution in [0.1, 0.15) is 22.3 Å². The van der Waals surface area contributed by atoms with E-state index < -0.39 is 11.7 Å². The van der Waals surface area contributed by atoms with Crippen LogP contribution in [0.5, 0.6) is 0 Å². The molecule has 5 nitrogen and oxygen atoms in total. The van der Waals surface area contributed by atoms with Gasteiger partial charge < -0.3 is 15.4 Å². The molecule has 0 aliphatic carbocycles. The molecular formula is C17H18F3N3O2. The molecule has 0 atom stereocenters. The minimum Gasteiger partial charge on any atom is -0.385 e. The number of halogens is 3. The van der Waals surface area contributed by atoms with Crippen molar-refractivity contribution in [2.24, 2.45) is 0 Å². The fourth-order valence-electron chi connectivity index (χ4n) is 2.05. The molecule has 1 aromatic heterocycles. The summed E-state index contributed by atoms with van der Waals surface area (Å²) in [7, 11) is 1.59. The van der Waals surface area contributed by atoms with Crippen LogP contribution < -0.4 is 10.6 Å². The van der Waals surface area contributed by atoms with E-state index in [9.17, 15) is 18.0 Å². The summed E-state index contributed by atoms with van der Waals surface area (Å²) in [4.78, 5) is 16.1. The highest BCUT2D eigenvalue weighted by molar-refractivity contribution is 5.94. The van der Waals surface area contributed by atoms with Gasteiger partial charge in [0.25, 0.3) is 5.91 Å². The molecule has 0 fully saturated rings. The smallest absolute Gasteiger partial charge is 0.385 e. The lowest BCUT2D eigenvalue weighted by atomic mass is 10.2. The van der Waals surface area contributed by atoms with Crippen molar-refractivity contribution in [3.05, 3.63) is 53.7 Å². The Morgan fingerprint density at radius 1 is 1.20 bits per heavy atom. The van der Waals surface area contributed by atoms with Gasteiger partial charge in [-0.2, -0.15) is 13.2 Å². The monoisotopic (exact) mass is 353 g/mol.